The van der Waals surface area contributed by atoms with Crippen LogP contribution in [0.3, 0.4) is 0 Å². The zero-order chi connectivity index (χ0) is 23.7. The molecule has 1 fully saturated rings. The molecule has 4 rings (SSSR count). The fraction of sp³-hybridized carbons (Fsp3) is 0.192. The van der Waals surface area contributed by atoms with Crippen molar-refractivity contribution in [3.05, 3.63) is 93.8 Å². The number of aromatic nitrogens is 1. The number of anilines is 1. The number of benzene rings is 2. The minimum absolute atomic E-state index is 0.0151. The summed E-state index contributed by atoms with van der Waals surface area (Å²) in [6.45, 7) is 6.00. The Labute approximate surface area is 197 Å². The van der Waals surface area contributed by atoms with E-state index >= 15 is 0 Å². The molecule has 1 amide bonds. The van der Waals surface area contributed by atoms with Crippen LogP contribution in [0.2, 0.25) is 5.02 Å². The van der Waals surface area contributed by atoms with E-state index in [0.29, 0.717) is 34.2 Å². The average Bonchev–Trinajstić information content (AvgIpc) is 3.07. The quantitative estimate of drug-likeness (QED) is 0.313. The number of ketones is 1. The first kappa shape index (κ1) is 22.6. The number of hydrogen-bond acceptors (Lipinski definition) is 5. The summed E-state index contributed by atoms with van der Waals surface area (Å²) >= 11 is 6.19. The topological polar surface area (TPSA) is 79.7 Å². The Bertz CT molecular complexity index is 1270. The van der Waals surface area contributed by atoms with Gasteiger partial charge in [0.25, 0.3) is 11.7 Å². The number of hydrogen-bond donors (Lipinski definition) is 1. The van der Waals surface area contributed by atoms with Crippen molar-refractivity contribution in [3.8, 4) is 5.75 Å². The number of carbonyl (C=O) groups is 2. The van der Waals surface area contributed by atoms with Gasteiger partial charge in [0.05, 0.1) is 23.2 Å². The van der Waals surface area contributed by atoms with Crippen molar-refractivity contribution >= 4 is 34.7 Å². The van der Waals surface area contributed by atoms with Gasteiger partial charge in [-0.2, -0.15) is 0 Å². The Kier molecular flexibility index (Phi) is 6.20. The Hall–Kier alpha value is -3.64. The number of aliphatic hydroxyl groups excluding tert-OH is 1. The Morgan fingerprint density at radius 2 is 1.94 bits per heavy atom. The lowest BCUT2D eigenvalue weighted by Gasteiger charge is -2.27. The molecule has 2 heterocycles. The maximum absolute atomic E-state index is 13.3. The summed E-state index contributed by atoms with van der Waals surface area (Å²) in [5.41, 5.74) is 3.31. The highest BCUT2D eigenvalue weighted by molar-refractivity contribution is 6.51. The maximum atomic E-state index is 13.3. The molecular formula is C26H23ClN2O4. The van der Waals surface area contributed by atoms with Gasteiger partial charge in [0, 0.05) is 23.6 Å². The molecule has 1 atom stereocenters. The predicted molar refractivity (Wildman–Crippen MR) is 128 cm³/mol. The normalized spacial score (nSPS) is 17.5. The van der Waals surface area contributed by atoms with Gasteiger partial charge in [-0.25, -0.2) is 0 Å². The zero-order valence-electron chi connectivity index (χ0n) is 18.5. The van der Waals surface area contributed by atoms with E-state index in [1.807, 2.05) is 39.0 Å². The number of carbonyl (C=O) groups excluding carboxylic acids is 2. The number of aryl methyl sites for hydroxylation is 2. The second-order valence-electron chi connectivity index (χ2n) is 7.82. The largest absolute Gasteiger partial charge is 0.507 e. The van der Waals surface area contributed by atoms with E-state index in [-0.39, 0.29) is 11.3 Å². The molecule has 33 heavy (non-hydrogen) atoms. The van der Waals surface area contributed by atoms with Crippen LogP contribution >= 0.6 is 11.6 Å². The molecule has 6 nitrogen and oxygen atoms in total. The second-order valence-corrected chi connectivity index (χ2v) is 8.23. The fourth-order valence-corrected chi connectivity index (χ4v) is 4.16. The molecule has 168 valence electrons. The summed E-state index contributed by atoms with van der Waals surface area (Å²) in [6.07, 6.45) is 3.20. The number of nitrogens with zero attached hydrogens (tertiary/aromatic N) is 2. The minimum Gasteiger partial charge on any atom is -0.507 e. The Morgan fingerprint density at radius 1 is 1.15 bits per heavy atom. The number of Topliss-reactive ketones (excluding diaryl/α,β-unsaturated/α-hetero) is 1. The van der Waals surface area contributed by atoms with E-state index in [9.17, 15) is 14.7 Å². The minimum atomic E-state index is -0.842. The van der Waals surface area contributed by atoms with E-state index in [0.717, 1.165) is 11.1 Å². The van der Waals surface area contributed by atoms with Crippen LogP contribution in [0.4, 0.5) is 5.69 Å². The molecule has 1 unspecified atom stereocenters. The van der Waals surface area contributed by atoms with Crippen LogP contribution < -0.4 is 9.64 Å². The summed E-state index contributed by atoms with van der Waals surface area (Å²) in [5, 5.41) is 11.7. The Morgan fingerprint density at radius 3 is 2.64 bits per heavy atom. The van der Waals surface area contributed by atoms with Crippen molar-refractivity contribution in [2.24, 2.45) is 0 Å². The summed E-state index contributed by atoms with van der Waals surface area (Å²) in [5.74, 6) is -1.40. The third-order valence-corrected chi connectivity index (χ3v) is 5.89. The van der Waals surface area contributed by atoms with Crippen molar-refractivity contribution in [1.82, 2.24) is 4.98 Å². The number of rotatable bonds is 5. The molecule has 7 heteroatoms. The molecule has 2 aromatic carbocycles. The van der Waals surface area contributed by atoms with Crippen LogP contribution in [0.25, 0.3) is 5.76 Å². The molecule has 0 saturated carbocycles. The molecule has 1 aliphatic heterocycles. The average molecular weight is 463 g/mol. The zero-order valence-corrected chi connectivity index (χ0v) is 19.3. The predicted octanol–water partition coefficient (Wildman–Crippen LogP) is 5.38. The molecule has 0 spiro atoms. The standard InChI is InChI=1S/C26H23ClN2O4/c1-4-33-21-13-17(9-10-19(21)27)24(30)22-23(18-6-5-11-28-14-18)29(26(32)25(22)31)20-12-15(2)7-8-16(20)3/h5-14,23,30H,4H2,1-3H3/b24-22-. The molecule has 1 aromatic heterocycles. The van der Waals surface area contributed by atoms with Gasteiger partial charge in [0.2, 0.25) is 0 Å². The lowest BCUT2D eigenvalue weighted by molar-refractivity contribution is -0.132. The van der Waals surface area contributed by atoms with Crippen LogP contribution in [0, 0.1) is 13.8 Å². The van der Waals surface area contributed by atoms with Crippen molar-refractivity contribution in [2.75, 3.05) is 11.5 Å². The van der Waals surface area contributed by atoms with Gasteiger partial charge < -0.3 is 9.84 Å². The summed E-state index contributed by atoms with van der Waals surface area (Å²) < 4.78 is 5.53. The highest BCUT2D eigenvalue weighted by Crippen LogP contribution is 2.43. The van der Waals surface area contributed by atoms with Crippen LogP contribution in [0.15, 0.2) is 66.5 Å². The highest BCUT2D eigenvalue weighted by atomic mass is 35.5. The molecule has 0 radical (unpaired) electrons. The first-order chi connectivity index (χ1) is 15.8. The van der Waals surface area contributed by atoms with E-state index in [4.69, 9.17) is 16.3 Å². The number of ether oxygens (including phenoxy) is 1. The van der Waals surface area contributed by atoms with Gasteiger partial charge >= 0.3 is 0 Å². The van der Waals surface area contributed by atoms with E-state index in [1.165, 1.54) is 4.90 Å². The van der Waals surface area contributed by atoms with Crippen molar-refractivity contribution < 1.29 is 19.4 Å². The lowest BCUT2D eigenvalue weighted by Crippen LogP contribution is -2.30. The van der Waals surface area contributed by atoms with Gasteiger partial charge in [-0.1, -0.05) is 29.8 Å². The molecule has 1 aliphatic rings. The molecule has 3 aromatic rings. The van der Waals surface area contributed by atoms with Crippen LogP contribution in [0.1, 0.15) is 35.2 Å². The van der Waals surface area contributed by atoms with Crippen molar-refractivity contribution in [3.63, 3.8) is 0 Å². The van der Waals surface area contributed by atoms with Crippen LogP contribution in [0.5, 0.6) is 5.75 Å². The first-order valence-electron chi connectivity index (χ1n) is 10.5. The van der Waals surface area contributed by atoms with Crippen molar-refractivity contribution in [2.45, 2.75) is 26.8 Å². The third kappa shape index (κ3) is 4.10. The van der Waals surface area contributed by atoms with E-state index < -0.39 is 17.7 Å². The second kappa shape index (κ2) is 9.08. The van der Waals surface area contributed by atoms with E-state index in [2.05, 4.69) is 4.98 Å². The maximum Gasteiger partial charge on any atom is 0.300 e. The van der Waals surface area contributed by atoms with Gasteiger partial charge in [-0.3, -0.25) is 19.5 Å². The van der Waals surface area contributed by atoms with Gasteiger partial charge in [-0.15, -0.1) is 0 Å². The highest BCUT2D eigenvalue weighted by Gasteiger charge is 2.47. The SMILES string of the molecule is CCOc1cc(/C(O)=C2/C(=O)C(=O)N(c3cc(C)ccc3C)C2c2cccnc2)ccc1Cl. The molecule has 1 saturated heterocycles. The third-order valence-electron chi connectivity index (χ3n) is 5.57. The number of aliphatic hydroxyl groups is 1. The first-order valence-corrected chi connectivity index (χ1v) is 10.9. The monoisotopic (exact) mass is 462 g/mol. The lowest BCUT2D eigenvalue weighted by atomic mass is 9.95. The number of pyridine rings is 1. The summed E-state index contributed by atoms with van der Waals surface area (Å²) in [6, 6.07) is 13.1. The summed E-state index contributed by atoms with van der Waals surface area (Å²) in [4.78, 5) is 32.2. The fourth-order valence-electron chi connectivity index (χ4n) is 3.99. The summed E-state index contributed by atoms with van der Waals surface area (Å²) in [7, 11) is 0. The van der Waals surface area contributed by atoms with Gasteiger partial charge in [-0.05, 0) is 67.8 Å². The van der Waals surface area contributed by atoms with Crippen molar-refractivity contribution in [1.29, 1.82) is 0 Å². The van der Waals surface area contributed by atoms with Crippen LogP contribution in [-0.4, -0.2) is 28.4 Å². The van der Waals surface area contributed by atoms with Crippen LogP contribution in [-0.2, 0) is 9.59 Å². The molecule has 0 bridgehead atoms. The Balaban J connectivity index is 1.95. The van der Waals surface area contributed by atoms with Gasteiger partial charge in [0.1, 0.15) is 11.5 Å². The molecular weight excluding hydrogens is 440 g/mol. The molecule has 1 N–H and O–H groups in total. The van der Waals surface area contributed by atoms with E-state index in [1.54, 1.807) is 42.7 Å². The number of halogens is 1. The molecule has 0 aliphatic carbocycles. The smallest absolute Gasteiger partial charge is 0.300 e. The van der Waals surface area contributed by atoms with Gasteiger partial charge in [0.15, 0.2) is 0 Å². The number of amides is 1.